The van der Waals surface area contributed by atoms with E-state index in [1.54, 1.807) is 22.6 Å². The lowest BCUT2D eigenvalue weighted by Crippen LogP contribution is -2.41. The molecular weight excluding hydrogens is 407 g/mol. The van der Waals surface area contributed by atoms with Crippen LogP contribution in [0.3, 0.4) is 0 Å². The molecule has 2 N–H and O–H groups in total. The van der Waals surface area contributed by atoms with Gasteiger partial charge < -0.3 is 10.2 Å². The minimum absolute atomic E-state index is 0.0656. The smallest absolute Gasteiger partial charge is 0.393 e. The summed E-state index contributed by atoms with van der Waals surface area (Å²) >= 11 is 1.74. The van der Waals surface area contributed by atoms with E-state index in [1.807, 2.05) is 0 Å². The SMILES string of the molecule is CC(O)C1C(=O)c2cc(C(F)(F)F)c(F)cc2C1(O)CI. The maximum Gasteiger partial charge on any atom is 0.419 e. The quantitative estimate of drug-likeness (QED) is 0.441. The molecule has 0 saturated carbocycles. The minimum Gasteiger partial charge on any atom is -0.393 e. The van der Waals surface area contributed by atoms with Crippen molar-refractivity contribution in [1.82, 2.24) is 0 Å². The molecule has 21 heavy (non-hydrogen) atoms. The molecule has 0 fully saturated rings. The van der Waals surface area contributed by atoms with Crippen molar-refractivity contribution in [1.29, 1.82) is 0 Å². The van der Waals surface area contributed by atoms with Gasteiger partial charge in [0, 0.05) is 9.99 Å². The summed E-state index contributed by atoms with van der Waals surface area (Å²) in [6.45, 7) is 1.26. The Kier molecular flexibility index (Phi) is 4.09. The summed E-state index contributed by atoms with van der Waals surface area (Å²) in [5, 5.41) is 20.2. The fourth-order valence-electron chi connectivity index (χ4n) is 2.68. The third-order valence-corrected chi connectivity index (χ3v) is 4.79. The summed E-state index contributed by atoms with van der Waals surface area (Å²) in [6, 6.07) is 0.948. The first kappa shape index (κ1) is 16.6. The Balaban J connectivity index is 2.71. The molecule has 3 atom stereocenters. The van der Waals surface area contributed by atoms with Crippen LogP contribution >= 0.6 is 22.6 Å². The highest BCUT2D eigenvalue weighted by molar-refractivity contribution is 14.1. The van der Waals surface area contributed by atoms with Crippen LogP contribution in [0, 0.1) is 11.7 Å². The van der Waals surface area contributed by atoms with Crippen molar-refractivity contribution in [3.63, 3.8) is 0 Å². The molecule has 8 heteroatoms. The first-order valence-electron chi connectivity index (χ1n) is 5.96. The van der Waals surface area contributed by atoms with Crippen molar-refractivity contribution < 1.29 is 32.6 Å². The molecule has 0 spiro atoms. The van der Waals surface area contributed by atoms with Crippen molar-refractivity contribution in [3.8, 4) is 0 Å². The lowest BCUT2D eigenvalue weighted by molar-refractivity contribution is -0.140. The summed E-state index contributed by atoms with van der Waals surface area (Å²) in [4.78, 5) is 12.2. The van der Waals surface area contributed by atoms with E-state index < -0.39 is 46.5 Å². The van der Waals surface area contributed by atoms with Crippen LogP contribution in [0.1, 0.15) is 28.4 Å². The van der Waals surface area contributed by atoms with Gasteiger partial charge in [-0.05, 0) is 24.6 Å². The van der Waals surface area contributed by atoms with E-state index >= 15 is 0 Å². The molecule has 0 aromatic heterocycles. The molecule has 1 aliphatic carbocycles. The van der Waals surface area contributed by atoms with Gasteiger partial charge in [-0.25, -0.2) is 4.39 Å². The van der Waals surface area contributed by atoms with E-state index in [9.17, 15) is 32.6 Å². The summed E-state index contributed by atoms with van der Waals surface area (Å²) < 4.78 is 51.7. The number of aliphatic hydroxyl groups is 2. The fourth-order valence-corrected chi connectivity index (χ4v) is 3.56. The maximum atomic E-state index is 13.7. The van der Waals surface area contributed by atoms with Crippen LogP contribution in [0.2, 0.25) is 0 Å². The van der Waals surface area contributed by atoms with Gasteiger partial charge in [0.15, 0.2) is 5.78 Å². The molecular formula is C13H11F4IO3. The van der Waals surface area contributed by atoms with Crippen molar-refractivity contribution >= 4 is 28.4 Å². The van der Waals surface area contributed by atoms with Gasteiger partial charge in [-0.3, -0.25) is 4.79 Å². The van der Waals surface area contributed by atoms with Crippen LogP contribution in [-0.2, 0) is 11.8 Å². The maximum absolute atomic E-state index is 13.7. The van der Waals surface area contributed by atoms with Crippen molar-refractivity contribution in [2.45, 2.75) is 24.8 Å². The number of carbonyl (C=O) groups excluding carboxylic acids is 1. The average Bonchev–Trinajstić information content (AvgIpc) is 2.56. The van der Waals surface area contributed by atoms with E-state index in [4.69, 9.17) is 0 Å². The fraction of sp³-hybridized carbons (Fsp3) is 0.462. The molecule has 1 aromatic rings. The average molecular weight is 418 g/mol. The zero-order valence-electron chi connectivity index (χ0n) is 10.7. The molecule has 3 unspecified atom stereocenters. The summed E-state index contributed by atoms with van der Waals surface area (Å²) in [7, 11) is 0. The monoisotopic (exact) mass is 418 g/mol. The summed E-state index contributed by atoms with van der Waals surface area (Å²) in [5.74, 6) is -3.68. The van der Waals surface area contributed by atoms with Crippen LogP contribution in [-0.4, -0.2) is 26.5 Å². The Labute approximate surface area is 131 Å². The second-order valence-corrected chi connectivity index (χ2v) is 5.78. The number of aliphatic hydroxyl groups excluding tert-OH is 1. The van der Waals surface area contributed by atoms with Crippen LogP contribution < -0.4 is 0 Å². The number of hydrogen-bond donors (Lipinski definition) is 2. The normalized spacial score (nSPS) is 26.9. The van der Waals surface area contributed by atoms with E-state index in [1.165, 1.54) is 6.92 Å². The molecule has 116 valence electrons. The third kappa shape index (κ3) is 2.46. The Bertz CT molecular complexity index is 600. The van der Waals surface area contributed by atoms with Crippen molar-refractivity contribution in [2.24, 2.45) is 5.92 Å². The van der Waals surface area contributed by atoms with Crippen LogP contribution in [0.25, 0.3) is 0 Å². The van der Waals surface area contributed by atoms with E-state index in [0.29, 0.717) is 12.1 Å². The van der Waals surface area contributed by atoms with Gasteiger partial charge in [0.25, 0.3) is 0 Å². The molecule has 0 heterocycles. The first-order valence-corrected chi connectivity index (χ1v) is 7.48. The molecule has 0 saturated heterocycles. The number of halogens is 5. The predicted octanol–water partition coefficient (Wildman–Crippen LogP) is 2.66. The third-order valence-electron chi connectivity index (χ3n) is 3.63. The zero-order valence-corrected chi connectivity index (χ0v) is 12.9. The van der Waals surface area contributed by atoms with E-state index in [0.717, 1.165) is 0 Å². The number of Topliss-reactive ketones (excluding diaryl/α,β-unsaturated/α-hetero) is 1. The number of rotatable bonds is 2. The van der Waals surface area contributed by atoms with Gasteiger partial charge in [-0.2, -0.15) is 13.2 Å². The highest BCUT2D eigenvalue weighted by Crippen LogP contribution is 2.46. The Hall–Kier alpha value is -0.740. The molecule has 1 aromatic carbocycles. The minimum atomic E-state index is -4.94. The summed E-state index contributed by atoms with van der Waals surface area (Å²) in [6.07, 6.45) is -6.22. The lowest BCUT2D eigenvalue weighted by Gasteiger charge is -2.29. The number of carbonyl (C=O) groups is 1. The number of alkyl halides is 4. The van der Waals surface area contributed by atoms with Gasteiger partial charge in [0.05, 0.1) is 17.6 Å². The topological polar surface area (TPSA) is 57.5 Å². The number of ketones is 1. The second kappa shape index (κ2) is 5.17. The van der Waals surface area contributed by atoms with E-state index in [-0.39, 0.29) is 9.99 Å². The Morgan fingerprint density at radius 2 is 2.00 bits per heavy atom. The molecule has 3 nitrogen and oxygen atoms in total. The number of hydrogen-bond acceptors (Lipinski definition) is 3. The molecule has 2 rings (SSSR count). The largest absolute Gasteiger partial charge is 0.419 e. The van der Waals surface area contributed by atoms with Crippen molar-refractivity contribution in [2.75, 3.05) is 4.43 Å². The highest BCUT2D eigenvalue weighted by Gasteiger charge is 2.53. The molecule has 0 aliphatic heterocycles. The standard InChI is InChI=1S/C13H11F4IO3/c1-5(19)10-11(20)6-2-8(13(15,16)17)9(14)3-7(6)12(10,21)4-18/h2-3,5,10,19,21H,4H2,1H3. The van der Waals surface area contributed by atoms with Crippen LogP contribution in [0.15, 0.2) is 12.1 Å². The molecule has 0 bridgehead atoms. The lowest BCUT2D eigenvalue weighted by atomic mass is 9.85. The van der Waals surface area contributed by atoms with Gasteiger partial charge >= 0.3 is 6.18 Å². The molecule has 1 aliphatic rings. The van der Waals surface area contributed by atoms with Gasteiger partial charge in [0.2, 0.25) is 0 Å². The molecule has 0 radical (unpaired) electrons. The number of fused-ring (bicyclic) bond motifs is 1. The summed E-state index contributed by atoms with van der Waals surface area (Å²) in [5.41, 5.74) is -4.05. The molecule has 0 amide bonds. The van der Waals surface area contributed by atoms with Crippen LogP contribution in [0.4, 0.5) is 17.6 Å². The van der Waals surface area contributed by atoms with Gasteiger partial charge in [0.1, 0.15) is 11.4 Å². The number of benzene rings is 1. The van der Waals surface area contributed by atoms with Gasteiger partial charge in [-0.15, -0.1) is 0 Å². The van der Waals surface area contributed by atoms with E-state index in [2.05, 4.69) is 0 Å². The highest BCUT2D eigenvalue weighted by atomic mass is 127. The van der Waals surface area contributed by atoms with Crippen LogP contribution in [0.5, 0.6) is 0 Å². The Morgan fingerprint density at radius 3 is 2.43 bits per heavy atom. The first-order chi connectivity index (χ1) is 9.54. The van der Waals surface area contributed by atoms with Crippen molar-refractivity contribution in [3.05, 3.63) is 34.6 Å². The second-order valence-electron chi connectivity index (χ2n) is 5.02. The predicted molar refractivity (Wildman–Crippen MR) is 73.7 cm³/mol. The zero-order chi connectivity index (χ0) is 16.2. The Morgan fingerprint density at radius 1 is 1.43 bits per heavy atom. The van der Waals surface area contributed by atoms with Gasteiger partial charge in [-0.1, -0.05) is 22.6 Å².